The number of ether oxygens (including phenoxy) is 1. The van der Waals surface area contributed by atoms with Gasteiger partial charge in [-0.2, -0.15) is 0 Å². The first-order valence-corrected chi connectivity index (χ1v) is 6.19. The number of methoxy groups -OCH3 is 1. The van der Waals surface area contributed by atoms with Crippen LogP contribution in [0.2, 0.25) is 0 Å². The fraction of sp³-hybridized carbons (Fsp3) is 0.357. The van der Waals surface area contributed by atoms with E-state index in [4.69, 9.17) is 4.42 Å². The number of anilines is 2. The van der Waals surface area contributed by atoms with Gasteiger partial charge in [-0.3, -0.25) is 0 Å². The van der Waals surface area contributed by atoms with Crippen LogP contribution in [-0.2, 0) is 10.2 Å². The van der Waals surface area contributed by atoms with Crippen molar-refractivity contribution in [3.8, 4) is 0 Å². The van der Waals surface area contributed by atoms with E-state index in [1.807, 2.05) is 20.8 Å². The SMILES string of the molecule is COC(=O)c1ccc(Nc2nnc(C(C)(C)C)o2)cc1. The third kappa shape index (κ3) is 3.14. The van der Waals surface area contributed by atoms with Gasteiger partial charge in [0.15, 0.2) is 0 Å². The largest absolute Gasteiger partial charge is 0.465 e. The quantitative estimate of drug-likeness (QED) is 0.868. The summed E-state index contributed by atoms with van der Waals surface area (Å²) < 4.78 is 10.2. The maximum absolute atomic E-state index is 11.3. The van der Waals surface area contributed by atoms with E-state index in [1.54, 1.807) is 24.3 Å². The molecule has 0 saturated heterocycles. The first-order chi connectivity index (χ1) is 9.40. The fourth-order valence-electron chi connectivity index (χ4n) is 1.51. The zero-order valence-corrected chi connectivity index (χ0v) is 11.9. The van der Waals surface area contributed by atoms with Gasteiger partial charge in [0.05, 0.1) is 12.7 Å². The highest BCUT2D eigenvalue weighted by Gasteiger charge is 2.21. The number of nitrogens with one attached hydrogen (secondary N) is 1. The molecule has 1 heterocycles. The van der Waals surface area contributed by atoms with Crippen molar-refractivity contribution in [3.05, 3.63) is 35.7 Å². The minimum atomic E-state index is -0.371. The maximum Gasteiger partial charge on any atom is 0.337 e. The number of nitrogens with zero attached hydrogens (tertiary/aromatic N) is 2. The summed E-state index contributed by atoms with van der Waals surface area (Å²) in [6, 6.07) is 7.13. The summed E-state index contributed by atoms with van der Waals surface area (Å²) in [5.41, 5.74) is 1.04. The van der Waals surface area contributed by atoms with Gasteiger partial charge < -0.3 is 14.5 Å². The molecular weight excluding hydrogens is 258 g/mol. The predicted octanol–water partition coefficient (Wildman–Crippen LogP) is 2.90. The summed E-state index contributed by atoms with van der Waals surface area (Å²) in [7, 11) is 1.35. The zero-order valence-electron chi connectivity index (χ0n) is 11.9. The van der Waals surface area contributed by atoms with Gasteiger partial charge in [-0.1, -0.05) is 25.9 Å². The highest BCUT2D eigenvalue weighted by molar-refractivity contribution is 5.89. The second kappa shape index (κ2) is 5.32. The zero-order chi connectivity index (χ0) is 14.8. The number of carbonyl (C=O) groups excluding carboxylic acids is 1. The molecule has 0 fully saturated rings. The topological polar surface area (TPSA) is 77.2 Å². The summed E-state index contributed by atoms with van der Waals surface area (Å²) in [6.07, 6.45) is 0. The normalized spacial score (nSPS) is 11.2. The Morgan fingerprint density at radius 1 is 1.20 bits per heavy atom. The molecule has 2 aromatic rings. The van der Waals surface area contributed by atoms with Gasteiger partial charge in [0.1, 0.15) is 0 Å². The molecule has 2 rings (SSSR count). The van der Waals surface area contributed by atoms with Crippen LogP contribution in [0.4, 0.5) is 11.7 Å². The first kappa shape index (κ1) is 14.0. The van der Waals surface area contributed by atoms with Crippen LogP contribution in [0.15, 0.2) is 28.7 Å². The lowest BCUT2D eigenvalue weighted by molar-refractivity contribution is 0.0601. The molecule has 1 N–H and O–H groups in total. The molecular formula is C14H17N3O3. The van der Waals surface area contributed by atoms with Crippen LogP contribution >= 0.6 is 0 Å². The van der Waals surface area contributed by atoms with Crippen molar-refractivity contribution in [1.29, 1.82) is 0 Å². The Balaban J connectivity index is 2.10. The summed E-state index contributed by atoms with van der Waals surface area (Å²) >= 11 is 0. The molecule has 0 radical (unpaired) electrons. The number of hydrogen-bond acceptors (Lipinski definition) is 6. The first-order valence-electron chi connectivity index (χ1n) is 6.19. The van der Waals surface area contributed by atoms with E-state index in [1.165, 1.54) is 7.11 Å². The van der Waals surface area contributed by atoms with Gasteiger partial charge >= 0.3 is 12.0 Å². The molecule has 0 amide bonds. The van der Waals surface area contributed by atoms with Crippen LogP contribution in [0.25, 0.3) is 0 Å². The van der Waals surface area contributed by atoms with Gasteiger partial charge in [0.2, 0.25) is 5.89 Å². The summed E-state index contributed by atoms with van der Waals surface area (Å²) in [5.74, 6) is 0.190. The molecule has 6 heteroatoms. The third-order valence-electron chi connectivity index (χ3n) is 2.62. The standard InChI is InChI=1S/C14H17N3O3/c1-14(2,3)12-16-17-13(20-12)15-10-7-5-9(6-8-10)11(18)19-4/h5-8H,1-4H3,(H,15,17). The van der Waals surface area contributed by atoms with Gasteiger partial charge in [0, 0.05) is 11.1 Å². The van der Waals surface area contributed by atoms with Gasteiger partial charge in [-0.15, -0.1) is 5.10 Å². The number of esters is 1. The number of rotatable bonds is 3. The van der Waals surface area contributed by atoms with E-state index in [0.29, 0.717) is 17.5 Å². The van der Waals surface area contributed by atoms with Crippen LogP contribution < -0.4 is 5.32 Å². The number of hydrogen-bond donors (Lipinski definition) is 1. The lowest BCUT2D eigenvalue weighted by Gasteiger charge is -2.11. The second-order valence-corrected chi connectivity index (χ2v) is 5.36. The number of carbonyl (C=O) groups is 1. The number of aromatic nitrogens is 2. The monoisotopic (exact) mass is 275 g/mol. The molecule has 0 aliphatic rings. The average Bonchev–Trinajstić information content (AvgIpc) is 2.87. The predicted molar refractivity (Wildman–Crippen MR) is 74.1 cm³/mol. The molecule has 0 unspecified atom stereocenters. The van der Waals surface area contributed by atoms with Crippen LogP contribution in [-0.4, -0.2) is 23.3 Å². The maximum atomic E-state index is 11.3. The molecule has 20 heavy (non-hydrogen) atoms. The van der Waals surface area contributed by atoms with E-state index in [0.717, 1.165) is 5.69 Å². The Labute approximate surface area is 117 Å². The van der Waals surface area contributed by atoms with Gasteiger partial charge in [0.25, 0.3) is 0 Å². The molecule has 0 aliphatic heterocycles. The Morgan fingerprint density at radius 2 is 1.85 bits per heavy atom. The summed E-state index contributed by atoms with van der Waals surface area (Å²) in [4.78, 5) is 11.3. The Hall–Kier alpha value is -2.37. The molecule has 1 aromatic heterocycles. The summed E-state index contributed by atoms with van der Waals surface area (Å²) in [6.45, 7) is 5.99. The molecule has 0 bridgehead atoms. The highest BCUT2D eigenvalue weighted by Crippen LogP contribution is 2.23. The lowest BCUT2D eigenvalue weighted by Crippen LogP contribution is -2.11. The fourth-order valence-corrected chi connectivity index (χ4v) is 1.51. The molecule has 6 nitrogen and oxygen atoms in total. The van der Waals surface area contributed by atoms with E-state index >= 15 is 0 Å². The van der Waals surface area contributed by atoms with Crippen molar-refractivity contribution >= 4 is 17.7 Å². The van der Waals surface area contributed by atoms with Gasteiger partial charge in [-0.25, -0.2) is 4.79 Å². The van der Waals surface area contributed by atoms with E-state index in [2.05, 4.69) is 20.3 Å². The van der Waals surface area contributed by atoms with Crippen molar-refractivity contribution in [2.45, 2.75) is 26.2 Å². The van der Waals surface area contributed by atoms with Crippen molar-refractivity contribution in [3.63, 3.8) is 0 Å². The highest BCUT2D eigenvalue weighted by atomic mass is 16.5. The molecule has 0 aliphatic carbocycles. The van der Waals surface area contributed by atoms with Crippen molar-refractivity contribution in [2.75, 3.05) is 12.4 Å². The molecule has 0 spiro atoms. The van der Waals surface area contributed by atoms with Gasteiger partial charge in [-0.05, 0) is 24.3 Å². The smallest absolute Gasteiger partial charge is 0.337 e. The van der Waals surface area contributed by atoms with E-state index in [-0.39, 0.29) is 11.4 Å². The Kier molecular flexibility index (Phi) is 3.74. The lowest BCUT2D eigenvalue weighted by atomic mass is 9.97. The second-order valence-electron chi connectivity index (χ2n) is 5.36. The number of benzene rings is 1. The van der Waals surface area contributed by atoms with Crippen LogP contribution in [0.3, 0.4) is 0 Å². The minimum absolute atomic E-state index is 0.193. The van der Waals surface area contributed by atoms with Crippen LogP contribution in [0.5, 0.6) is 0 Å². The third-order valence-corrected chi connectivity index (χ3v) is 2.62. The molecule has 0 atom stereocenters. The van der Waals surface area contributed by atoms with E-state index < -0.39 is 0 Å². The van der Waals surface area contributed by atoms with Crippen molar-refractivity contribution in [1.82, 2.24) is 10.2 Å². The van der Waals surface area contributed by atoms with Crippen LogP contribution in [0.1, 0.15) is 37.0 Å². The minimum Gasteiger partial charge on any atom is -0.465 e. The summed E-state index contributed by atoms with van der Waals surface area (Å²) in [5, 5.41) is 10.9. The average molecular weight is 275 g/mol. The Bertz CT molecular complexity index is 597. The van der Waals surface area contributed by atoms with Crippen molar-refractivity contribution < 1.29 is 13.9 Å². The Morgan fingerprint density at radius 3 is 2.35 bits per heavy atom. The van der Waals surface area contributed by atoms with E-state index in [9.17, 15) is 4.79 Å². The van der Waals surface area contributed by atoms with Crippen LogP contribution in [0, 0.1) is 0 Å². The molecule has 106 valence electrons. The van der Waals surface area contributed by atoms with Crippen molar-refractivity contribution in [2.24, 2.45) is 0 Å². The molecule has 0 saturated carbocycles. The molecule has 1 aromatic carbocycles.